The Morgan fingerprint density at radius 2 is 2.17 bits per heavy atom. The summed E-state index contributed by atoms with van der Waals surface area (Å²) >= 11 is 4.91. The highest BCUT2D eigenvalue weighted by Gasteiger charge is 2.22. The van der Waals surface area contributed by atoms with Crippen molar-refractivity contribution in [3.05, 3.63) is 33.6 Å². The Balaban J connectivity index is 0.00000192. The molecule has 1 atom stereocenters. The van der Waals surface area contributed by atoms with Crippen LogP contribution < -0.4 is 10.6 Å². The highest BCUT2D eigenvalue weighted by Crippen LogP contribution is 2.31. The molecule has 1 aliphatic rings. The van der Waals surface area contributed by atoms with E-state index in [1.807, 2.05) is 31.2 Å². The number of aryl methyl sites for hydroxylation is 1. The van der Waals surface area contributed by atoms with Gasteiger partial charge < -0.3 is 15.4 Å². The summed E-state index contributed by atoms with van der Waals surface area (Å²) in [6.45, 7) is 3.75. The van der Waals surface area contributed by atoms with Crippen LogP contribution in [0, 0.1) is 6.92 Å². The maximum atomic E-state index is 12.2. The number of benzene rings is 1. The third kappa shape index (κ3) is 4.51. The van der Waals surface area contributed by atoms with E-state index in [4.69, 9.17) is 4.74 Å². The second kappa shape index (κ2) is 8.21. The number of aromatic nitrogens is 1. The van der Waals surface area contributed by atoms with Crippen LogP contribution in [0.1, 0.15) is 4.88 Å². The average molecular weight is 419 g/mol. The number of ether oxygens (including phenoxy) is 1. The molecule has 1 saturated heterocycles. The van der Waals surface area contributed by atoms with Crippen LogP contribution in [0.3, 0.4) is 0 Å². The molecule has 23 heavy (non-hydrogen) atoms. The number of hydrogen-bond donors (Lipinski definition) is 2. The van der Waals surface area contributed by atoms with E-state index < -0.39 is 0 Å². The summed E-state index contributed by atoms with van der Waals surface area (Å²) in [6, 6.07) is 7.67. The van der Waals surface area contributed by atoms with Gasteiger partial charge in [0.2, 0.25) is 5.91 Å². The summed E-state index contributed by atoms with van der Waals surface area (Å²) < 4.78 is 6.33. The highest BCUT2D eigenvalue weighted by atomic mass is 79.9. The number of amides is 1. The number of nitrogens with one attached hydrogen (secondary N) is 2. The van der Waals surface area contributed by atoms with Crippen molar-refractivity contribution >= 4 is 50.7 Å². The number of anilines is 1. The third-order valence-electron chi connectivity index (χ3n) is 3.38. The molecule has 5 nitrogen and oxygen atoms in total. The number of morpholine rings is 1. The Morgan fingerprint density at radius 1 is 1.43 bits per heavy atom. The van der Waals surface area contributed by atoms with E-state index in [2.05, 4.69) is 31.5 Å². The molecule has 0 saturated carbocycles. The molecular formula is C15H17BrClN3O2S. The molecule has 3 rings (SSSR count). The maximum absolute atomic E-state index is 12.2. The molecule has 1 aromatic heterocycles. The molecule has 0 bridgehead atoms. The molecule has 0 spiro atoms. The predicted molar refractivity (Wildman–Crippen MR) is 98.5 cm³/mol. The Bertz CT molecular complexity index is 672. The van der Waals surface area contributed by atoms with Gasteiger partial charge in [-0.1, -0.05) is 28.1 Å². The summed E-state index contributed by atoms with van der Waals surface area (Å²) in [6.07, 6.45) is 0. The summed E-state index contributed by atoms with van der Waals surface area (Å²) in [5.74, 6) is -0.101. The molecule has 124 valence electrons. The fourth-order valence-electron chi connectivity index (χ4n) is 2.25. The van der Waals surface area contributed by atoms with Crippen molar-refractivity contribution in [3.8, 4) is 11.3 Å². The molecule has 1 aromatic carbocycles. The molecule has 2 N–H and O–H groups in total. The molecule has 1 aliphatic heterocycles. The molecule has 8 heteroatoms. The Morgan fingerprint density at radius 3 is 2.83 bits per heavy atom. The van der Waals surface area contributed by atoms with Crippen LogP contribution in [-0.2, 0) is 9.53 Å². The number of rotatable bonds is 3. The van der Waals surface area contributed by atoms with Crippen molar-refractivity contribution in [2.75, 3.05) is 25.1 Å². The third-order valence-corrected chi connectivity index (χ3v) is 4.80. The van der Waals surface area contributed by atoms with Gasteiger partial charge in [-0.2, -0.15) is 0 Å². The number of nitrogens with zero attached hydrogens (tertiary/aromatic N) is 1. The lowest BCUT2D eigenvalue weighted by Crippen LogP contribution is -2.48. The Kier molecular flexibility index (Phi) is 6.55. The van der Waals surface area contributed by atoms with Crippen LogP contribution in [0.2, 0.25) is 0 Å². The van der Waals surface area contributed by atoms with Crippen LogP contribution in [0.15, 0.2) is 28.7 Å². The zero-order chi connectivity index (χ0) is 15.5. The van der Waals surface area contributed by atoms with Crippen LogP contribution in [0.25, 0.3) is 11.3 Å². The largest absolute Gasteiger partial charge is 0.378 e. The summed E-state index contributed by atoms with van der Waals surface area (Å²) in [5, 5.41) is 6.62. The first kappa shape index (κ1) is 18.4. The van der Waals surface area contributed by atoms with Crippen molar-refractivity contribution in [3.63, 3.8) is 0 Å². The lowest BCUT2D eigenvalue weighted by Gasteiger charge is -2.22. The van der Waals surface area contributed by atoms with E-state index in [0.29, 0.717) is 24.9 Å². The molecule has 0 aliphatic carbocycles. The van der Waals surface area contributed by atoms with Gasteiger partial charge in [0, 0.05) is 21.5 Å². The molecule has 0 radical (unpaired) electrons. The fourth-order valence-corrected chi connectivity index (χ4v) is 3.35. The van der Waals surface area contributed by atoms with E-state index in [-0.39, 0.29) is 24.4 Å². The first-order valence-corrected chi connectivity index (χ1v) is 8.60. The number of carbonyl (C=O) groups excluding carboxylic acids is 1. The number of hydrogen-bond acceptors (Lipinski definition) is 5. The Labute approximate surface area is 153 Å². The van der Waals surface area contributed by atoms with Gasteiger partial charge >= 0.3 is 0 Å². The monoisotopic (exact) mass is 417 g/mol. The molecule has 1 fully saturated rings. The molecular weight excluding hydrogens is 402 g/mol. The van der Waals surface area contributed by atoms with E-state index in [0.717, 1.165) is 20.6 Å². The summed E-state index contributed by atoms with van der Waals surface area (Å²) in [7, 11) is 0. The first-order valence-electron chi connectivity index (χ1n) is 6.99. The van der Waals surface area contributed by atoms with Gasteiger partial charge in [-0.25, -0.2) is 4.98 Å². The minimum atomic E-state index is -0.311. The zero-order valence-electron chi connectivity index (χ0n) is 12.5. The van der Waals surface area contributed by atoms with Crippen LogP contribution in [0.5, 0.6) is 0 Å². The molecule has 1 unspecified atom stereocenters. The minimum absolute atomic E-state index is 0. The Hall–Kier alpha value is -0.990. The summed E-state index contributed by atoms with van der Waals surface area (Å²) in [4.78, 5) is 17.8. The average Bonchev–Trinajstić information content (AvgIpc) is 2.89. The maximum Gasteiger partial charge on any atom is 0.245 e. The minimum Gasteiger partial charge on any atom is -0.378 e. The first-order chi connectivity index (χ1) is 10.6. The number of halogens is 2. The van der Waals surface area contributed by atoms with Gasteiger partial charge in [0.25, 0.3) is 0 Å². The molecule has 2 heterocycles. The second-order valence-electron chi connectivity index (χ2n) is 5.00. The van der Waals surface area contributed by atoms with E-state index >= 15 is 0 Å². The standard InChI is InChI=1S/C15H16BrN3O2S.ClH/c1-9-13(10-2-4-11(16)5-3-10)18-15(22-9)19-14(20)12-8-21-7-6-17-12;/h2-5,12,17H,6-8H2,1H3,(H,18,19,20);1H. The van der Waals surface area contributed by atoms with Gasteiger partial charge in [-0.3, -0.25) is 4.79 Å². The van der Waals surface area contributed by atoms with Crippen molar-refractivity contribution in [1.82, 2.24) is 10.3 Å². The van der Waals surface area contributed by atoms with Crippen molar-refractivity contribution < 1.29 is 9.53 Å². The van der Waals surface area contributed by atoms with Crippen LogP contribution in [0.4, 0.5) is 5.13 Å². The van der Waals surface area contributed by atoms with Gasteiger partial charge in [0.05, 0.1) is 18.9 Å². The van der Waals surface area contributed by atoms with Gasteiger partial charge in [-0.05, 0) is 19.1 Å². The lowest BCUT2D eigenvalue weighted by molar-refractivity contribution is -0.120. The van der Waals surface area contributed by atoms with Gasteiger partial charge in [-0.15, -0.1) is 23.7 Å². The second-order valence-corrected chi connectivity index (χ2v) is 7.12. The van der Waals surface area contributed by atoms with Crippen molar-refractivity contribution in [2.24, 2.45) is 0 Å². The number of carbonyl (C=O) groups is 1. The zero-order valence-corrected chi connectivity index (χ0v) is 15.7. The highest BCUT2D eigenvalue weighted by molar-refractivity contribution is 9.10. The topological polar surface area (TPSA) is 63.2 Å². The van der Waals surface area contributed by atoms with E-state index in [1.54, 1.807) is 0 Å². The van der Waals surface area contributed by atoms with Crippen LogP contribution in [-0.4, -0.2) is 36.7 Å². The molecule has 2 aromatic rings. The fraction of sp³-hybridized carbons (Fsp3) is 0.333. The van der Waals surface area contributed by atoms with Crippen molar-refractivity contribution in [1.29, 1.82) is 0 Å². The van der Waals surface area contributed by atoms with E-state index in [9.17, 15) is 4.79 Å². The predicted octanol–water partition coefficient (Wildman–Crippen LogP) is 3.23. The quantitative estimate of drug-likeness (QED) is 0.803. The SMILES string of the molecule is Cc1sc(NC(=O)C2COCCN2)nc1-c1ccc(Br)cc1.Cl. The normalized spacial score (nSPS) is 17.4. The lowest BCUT2D eigenvalue weighted by atomic mass is 10.1. The smallest absolute Gasteiger partial charge is 0.245 e. The van der Waals surface area contributed by atoms with E-state index in [1.165, 1.54) is 11.3 Å². The van der Waals surface area contributed by atoms with Gasteiger partial charge in [0.15, 0.2) is 5.13 Å². The number of thiazole rings is 1. The van der Waals surface area contributed by atoms with Gasteiger partial charge in [0.1, 0.15) is 6.04 Å². The van der Waals surface area contributed by atoms with Crippen molar-refractivity contribution in [2.45, 2.75) is 13.0 Å². The molecule has 1 amide bonds. The van der Waals surface area contributed by atoms with Crippen LogP contribution >= 0.6 is 39.7 Å². The summed E-state index contributed by atoms with van der Waals surface area (Å²) in [5.41, 5.74) is 1.94.